The Bertz CT molecular complexity index is 1040. The second-order valence-corrected chi connectivity index (χ2v) is 12.1. The van der Waals surface area contributed by atoms with E-state index >= 15 is 0 Å². The van der Waals surface area contributed by atoms with Gasteiger partial charge in [-0.2, -0.15) is 0 Å². The molecule has 0 amide bonds. The van der Waals surface area contributed by atoms with Gasteiger partial charge in [-0.25, -0.2) is 0 Å². The number of fused-ring (bicyclic) bond motifs is 3. The van der Waals surface area contributed by atoms with Crippen LogP contribution in [0.25, 0.3) is 0 Å². The van der Waals surface area contributed by atoms with Crippen molar-refractivity contribution in [3.8, 4) is 0 Å². The monoisotopic (exact) mass is 515 g/mol. The Labute approximate surface area is 219 Å². The number of ketones is 1. The van der Waals surface area contributed by atoms with Gasteiger partial charge in [-0.3, -0.25) is 19.2 Å². The van der Waals surface area contributed by atoms with Gasteiger partial charge in [0.1, 0.15) is 24.4 Å². The van der Waals surface area contributed by atoms with Crippen molar-refractivity contribution in [3.63, 3.8) is 0 Å². The van der Waals surface area contributed by atoms with Crippen LogP contribution in [-0.2, 0) is 33.4 Å². The molecule has 4 aliphatic rings. The third kappa shape index (κ3) is 4.89. The van der Waals surface area contributed by atoms with E-state index in [1.807, 2.05) is 6.92 Å². The second-order valence-electron chi connectivity index (χ2n) is 12.1. The van der Waals surface area contributed by atoms with E-state index in [-0.39, 0.29) is 30.1 Å². The number of esters is 3. The van der Waals surface area contributed by atoms with E-state index in [2.05, 4.69) is 32.7 Å². The van der Waals surface area contributed by atoms with Crippen molar-refractivity contribution in [2.45, 2.75) is 104 Å². The molecule has 204 valence electrons. The molecule has 4 rings (SSSR count). The van der Waals surface area contributed by atoms with E-state index in [0.29, 0.717) is 30.4 Å². The number of carbonyl (C=O) groups is 4. The topological polar surface area (TPSA) is 108 Å². The van der Waals surface area contributed by atoms with Crippen molar-refractivity contribution < 1.29 is 33.4 Å². The van der Waals surface area contributed by atoms with Crippen LogP contribution in [0.4, 0.5) is 0 Å². The van der Waals surface area contributed by atoms with Crippen LogP contribution in [0.15, 0.2) is 23.3 Å². The first-order chi connectivity index (χ1) is 17.3. The zero-order valence-electron chi connectivity index (χ0n) is 23.0. The average molecular weight is 516 g/mol. The number of rotatable bonds is 4. The van der Waals surface area contributed by atoms with E-state index in [0.717, 1.165) is 25.0 Å². The molecule has 0 aromatic carbocycles. The predicted octanol–water partition coefficient (Wildman–Crippen LogP) is 3.82. The molecule has 0 aromatic rings. The van der Waals surface area contributed by atoms with Crippen molar-refractivity contribution >= 4 is 23.7 Å². The van der Waals surface area contributed by atoms with E-state index < -0.39 is 47.0 Å². The molecule has 3 fully saturated rings. The van der Waals surface area contributed by atoms with Crippen LogP contribution in [0.1, 0.15) is 80.1 Å². The minimum atomic E-state index is -0.693. The van der Waals surface area contributed by atoms with E-state index in [1.54, 1.807) is 0 Å². The molecule has 2 bridgehead atoms. The highest BCUT2D eigenvalue weighted by molar-refractivity contribution is 5.97. The van der Waals surface area contributed by atoms with Gasteiger partial charge in [0.2, 0.25) is 0 Å². The summed E-state index contributed by atoms with van der Waals surface area (Å²) >= 11 is 0. The lowest BCUT2D eigenvalue weighted by molar-refractivity contribution is -0.184. The number of Topliss-reactive ketones (excluding diaryl/α,β-unsaturated/α-hetero) is 1. The van der Waals surface area contributed by atoms with Crippen molar-refractivity contribution in [3.05, 3.63) is 23.3 Å². The third-order valence-corrected chi connectivity index (χ3v) is 9.51. The van der Waals surface area contributed by atoms with Gasteiger partial charge in [-0.15, -0.1) is 0 Å². The molecule has 2 saturated carbocycles. The Kier molecular flexibility index (Phi) is 7.45. The maximum Gasteiger partial charge on any atom is 0.323 e. The maximum atomic E-state index is 13.2. The minimum Gasteiger partial charge on any atom is -0.462 e. The summed E-state index contributed by atoms with van der Waals surface area (Å²) in [7, 11) is 0. The quantitative estimate of drug-likeness (QED) is 0.342. The molecule has 1 heterocycles. The minimum absolute atomic E-state index is 0.0124. The van der Waals surface area contributed by atoms with Gasteiger partial charge in [-0.1, -0.05) is 32.9 Å². The summed E-state index contributed by atoms with van der Waals surface area (Å²) in [5.74, 6) is -1.91. The molecule has 37 heavy (non-hydrogen) atoms. The number of carbonyl (C=O) groups excluding carboxylic acids is 4. The van der Waals surface area contributed by atoms with Crippen LogP contribution in [0.3, 0.4) is 0 Å². The first kappa shape index (κ1) is 27.6. The van der Waals surface area contributed by atoms with Crippen LogP contribution in [0.5, 0.6) is 0 Å². The van der Waals surface area contributed by atoms with Crippen molar-refractivity contribution in [2.24, 2.45) is 22.7 Å². The summed E-state index contributed by atoms with van der Waals surface area (Å²) in [6, 6.07) is -0.331. The predicted molar refractivity (Wildman–Crippen MR) is 136 cm³/mol. The van der Waals surface area contributed by atoms with Crippen molar-refractivity contribution in [1.82, 2.24) is 5.32 Å². The second kappa shape index (κ2) is 10.0. The summed E-state index contributed by atoms with van der Waals surface area (Å²) in [6.45, 7) is 16.0. The van der Waals surface area contributed by atoms with Gasteiger partial charge < -0.3 is 19.5 Å². The Morgan fingerprint density at radius 1 is 1.00 bits per heavy atom. The summed E-state index contributed by atoms with van der Waals surface area (Å²) in [5.41, 5.74) is 1.17. The maximum absolute atomic E-state index is 13.2. The number of hydrogen-bond donors (Lipinski definition) is 1. The number of ether oxygens (including phenoxy) is 3. The highest BCUT2D eigenvalue weighted by Gasteiger charge is 2.60. The Morgan fingerprint density at radius 3 is 2.27 bits per heavy atom. The molecule has 3 aliphatic carbocycles. The zero-order valence-corrected chi connectivity index (χ0v) is 23.0. The van der Waals surface area contributed by atoms with Crippen molar-refractivity contribution in [1.29, 1.82) is 0 Å². The van der Waals surface area contributed by atoms with Gasteiger partial charge in [0.15, 0.2) is 5.78 Å². The van der Waals surface area contributed by atoms with Crippen molar-refractivity contribution in [2.75, 3.05) is 6.54 Å². The fraction of sp³-hybridized carbons (Fsp3) is 0.724. The molecule has 0 spiro atoms. The Morgan fingerprint density at radius 2 is 1.68 bits per heavy atom. The lowest BCUT2D eigenvalue weighted by Crippen LogP contribution is -2.59. The summed E-state index contributed by atoms with van der Waals surface area (Å²) in [6.07, 6.45) is 1.62. The van der Waals surface area contributed by atoms with E-state index in [4.69, 9.17) is 14.2 Å². The largest absolute Gasteiger partial charge is 0.462 e. The molecular formula is C29H41NO7. The molecule has 2 unspecified atom stereocenters. The molecular weight excluding hydrogens is 474 g/mol. The van der Waals surface area contributed by atoms with Gasteiger partial charge >= 0.3 is 17.9 Å². The highest BCUT2D eigenvalue weighted by atomic mass is 16.6. The molecule has 1 aliphatic heterocycles. The van der Waals surface area contributed by atoms with Crippen LogP contribution in [0.2, 0.25) is 0 Å². The van der Waals surface area contributed by atoms with Gasteiger partial charge in [0.05, 0.1) is 0 Å². The summed E-state index contributed by atoms with van der Waals surface area (Å²) < 4.78 is 18.1. The zero-order chi connectivity index (χ0) is 27.3. The average Bonchev–Trinajstić information content (AvgIpc) is 3.34. The van der Waals surface area contributed by atoms with Crippen LogP contribution < -0.4 is 5.32 Å². The number of allylic oxidation sites excluding steroid dienone is 1. The molecule has 1 N–H and O–H groups in total. The lowest BCUT2D eigenvalue weighted by atomic mass is 9.50. The molecule has 0 aromatic heterocycles. The normalized spacial score (nSPS) is 37.2. The third-order valence-electron chi connectivity index (χ3n) is 9.51. The molecule has 0 radical (unpaired) electrons. The molecule has 8 nitrogen and oxygen atoms in total. The SMILES string of the molecule is C=C1C2[C@H](OC(C)=O)C3CC(=O)C(C)=C(C[C@@H](OC(C)=O)[C@]2(C)CC[C@@H]1OC(=O)[C@@H]1CCCN1)C3(C)C. The molecule has 8 heteroatoms. The van der Waals surface area contributed by atoms with E-state index in [1.165, 1.54) is 13.8 Å². The summed E-state index contributed by atoms with van der Waals surface area (Å²) in [4.78, 5) is 50.9. The Hall–Kier alpha value is -2.48. The fourth-order valence-corrected chi connectivity index (χ4v) is 7.39. The van der Waals surface area contributed by atoms with Gasteiger partial charge in [0, 0.05) is 43.9 Å². The Balaban J connectivity index is 1.81. The summed E-state index contributed by atoms with van der Waals surface area (Å²) in [5, 5.41) is 3.18. The smallest absolute Gasteiger partial charge is 0.323 e. The number of nitrogens with one attached hydrogen (secondary N) is 1. The molecule has 7 atom stereocenters. The van der Waals surface area contributed by atoms with Gasteiger partial charge in [0.25, 0.3) is 0 Å². The van der Waals surface area contributed by atoms with Crippen LogP contribution in [-0.4, -0.2) is 54.6 Å². The first-order valence-electron chi connectivity index (χ1n) is 13.5. The van der Waals surface area contributed by atoms with Crippen LogP contribution >= 0.6 is 0 Å². The highest BCUT2D eigenvalue weighted by Crippen LogP contribution is 2.60. The lowest BCUT2D eigenvalue weighted by Gasteiger charge is -2.58. The van der Waals surface area contributed by atoms with E-state index in [9.17, 15) is 19.2 Å². The van der Waals surface area contributed by atoms with Gasteiger partial charge in [-0.05, 0) is 55.7 Å². The standard InChI is InChI=1S/C29H41NO7/c1-15-19-14-24(35-17(3)31)29(7)11-10-23(37-27(34)21-9-8-12-30-21)16(2)25(29)26(36-18(4)32)20(13-22(15)33)28(19,5)6/h20-21,23-26,30H,2,8-14H2,1,3-7H3/t20?,21-,23-,24+,25?,26+,29-/m0/s1. The molecule has 1 saturated heterocycles. The fourth-order valence-electron chi connectivity index (χ4n) is 7.39. The first-order valence-corrected chi connectivity index (χ1v) is 13.5. The van der Waals surface area contributed by atoms with Crippen LogP contribution in [0, 0.1) is 22.7 Å². The number of hydrogen-bond acceptors (Lipinski definition) is 8.